The van der Waals surface area contributed by atoms with Crippen molar-refractivity contribution in [3.8, 4) is 0 Å². The van der Waals surface area contributed by atoms with Crippen LogP contribution in [0.15, 0.2) is 0 Å². The lowest BCUT2D eigenvalue weighted by Gasteiger charge is -2.44. The Hall–Kier alpha value is 0.690. The molecular weight excluding hydrogens is 213 g/mol. The summed E-state index contributed by atoms with van der Waals surface area (Å²) in [6, 6.07) is 0. The highest BCUT2D eigenvalue weighted by Gasteiger charge is 2.35. The summed E-state index contributed by atoms with van der Waals surface area (Å²) < 4.78 is 2.33. The first-order chi connectivity index (χ1) is 3.66. The standard InChI is InChI=1S/C6H12IN/c1-3-6(2)4-8(7)5-6/h3-5H2,1-2H3. The zero-order valence-corrected chi connectivity index (χ0v) is 7.60. The van der Waals surface area contributed by atoms with Crippen LogP contribution in [-0.4, -0.2) is 16.2 Å². The van der Waals surface area contributed by atoms with E-state index in [1.54, 1.807) is 0 Å². The van der Waals surface area contributed by atoms with Crippen LogP contribution in [0.5, 0.6) is 0 Å². The monoisotopic (exact) mass is 225 g/mol. The molecule has 0 bridgehead atoms. The molecule has 1 fully saturated rings. The Bertz CT molecular complexity index is 86.5. The van der Waals surface area contributed by atoms with Crippen LogP contribution >= 0.6 is 22.9 Å². The van der Waals surface area contributed by atoms with Crippen LogP contribution in [0.1, 0.15) is 20.3 Å². The van der Waals surface area contributed by atoms with Gasteiger partial charge in [-0.1, -0.05) is 13.8 Å². The van der Waals surface area contributed by atoms with E-state index in [9.17, 15) is 0 Å². The van der Waals surface area contributed by atoms with E-state index in [4.69, 9.17) is 0 Å². The number of rotatable bonds is 1. The van der Waals surface area contributed by atoms with E-state index in [0.29, 0.717) is 5.41 Å². The van der Waals surface area contributed by atoms with Crippen LogP contribution in [0.3, 0.4) is 0 Å². The molecule has 0 amide bonds. The molecule has 1 heterocycles. The average Bonchev–Trinajstić information content (AvgIpc) is 1.63. The van der Waals surface area contributed by atoms with Gasteiger partial charge in [0.25, 0.3) is 0 Å². The molecule has 0 N–H and O–H groups in total. The second-order valence-electron chi connectivity index (χ2n) is 2.94. The van der Waals surface area contributed by atoms with Gasteiger partial charge >= 0.3 is 0 Å². The quantitative estimate of drug-likeness (QED) is 0.487. The number of hydrogen-bond donors (Lipinski definition) is 0. The Morgan fingerprint density at radius 3 is 2.25 bits per heavy atom. The van der Waals surface area contributed by atoms with E-state index in [-0.39, 0.29) is 0 Å². The fraction of sp³-hybridized carbons (Fsp3) is 1.00. The van der Waals surface area contributed by atoms with Crippen molar-refractivity contribution in [2.45, 2.75) is 20.3 Å². The molecular formula is C6H12IN. The second-order valence-corrected chi connectivity index (χ2v) is 4.31. The van der Waals surface area contributed by atoms with Crippen LogP contribution in [0, 0.1) is 5.41 Å². The van der Waals surface area contributed by atoms with E-state index in [2.05, 4.69) is 39.8 Å². The first kappa shape index (κ1) is 6.81. The maximum absolute atomic E-state index is 2.38. The summed E-state index contributed by atoms with van der Waals surface area (Å²) in [5.74, 6) is 0. The molecule has 1 nitrogen and oxygen atoms in total. The minimum atomic E-state index is 0.654. The molecule has 0 unspecified atom stereocenters. The number of halogens is 1. The molecule has 1 rings (SSSR count). The van der Waals surface area contributed by atoms with Crippen molar-refractivity contribution in [2.75, 3.05) is 13.1 Å². The largest absolute Gasteiger partial charge is 0.246 e. The minimum Gasteiger partial charge on any atom is -0.246 e. The van der Waals surface area contributed by atoms with E-state index in [0.717, 1.165) is 0 Å². The number of nitrogens with zero attached hydrogens (tertiary/aromatic N) is 1. The maximum Gasteiger partial charge on any atom is 0.0201 e. The third-order valence-corrected chi connectivity index (χ3v) is 2.64. The second kappa shape index (κ2) is 2.14. The molecule has 0 aliphatic carbocycles. The Labute approximate surface area is 64.9 Å². The van der Waals surface area contributed by atoms with Gasteiger partial charge in [0.1, 0.15) is 0 Å². The molecule has 48 valence electrons. The lowest BCUT2D eigenvalue weighted by molar-refractivity contribution is 0.113. The molecule has 0 radical (unpaired) electrons. The van der Waals surface area contributed by atoms with Gasteiger partial charge in [0.2, 0.25) is 0 Å². The summed E-state index contributed by atoms with van der Waals surface area (Å²) in [4.78, 5) is 0. The SMILES string of the molecule is CCC1(C)CN(I)C1. The van der Waals surface area contributed by atoms with Gasteiger partial charge in [0.05, 0.1) is 0 Å². The summed E-state index contributed by atoms with van der Waals surface area (Å²) in [5.41, 5.74) is 0.654. The van der Waals surface area contributed by atoms with Crippen LogP contribution in [0.25, 0.3) is 0 Å². The van der Waals surface area contributed by atoms with Gasteiger partial charge in [0.15, 0.2) is 0 Å². The molecule has 0 saturated carbocycles. The molecule has 0 aromatic heterocycles. The summed E-state index contributed by atoms with van der Waals surface area (Å²) >= 11 is 2.38. The van der Waals surface area contributed by atoms with Gasteiger partial charge < -0.3 is 0 Å². The normalized spacial score (nSPS) is 27.4. The van der Waals surface area contributed by atoms with Crippen molar-refractivity contribution >= 4 is 22.9 Å². The predicted octanol–water partition coefficient (Wildman–Crippen LogP) is 2.07. The first-order valence-corrected chi connectivity index (χ1v) is 4.03. The van der Waals surface area contributed by atoms with Crippen molar-refractivity contribution in [2.24, 2.45) is 5.41 Å². The smallest absolute Gasteiger partial charge is 0.0201 e. The van der Waals surface area contributed by atoms with Crippen molar-refractivity contribution in [3.63, 3.8) is 0 Å². The zero-order chi connectivity index (χ0) is 6.20. The van der Waals surface area contributed by atoms with Gasteiger partial charge in [-0.15, -0.1) is 0 Å². The third-order valence-electron chi connectivity index (χ3n) is 1.96. The summed E-state index contributed by atoms with van der Waals surface area (Å²) in [6.45, 7) is 7.18. The molecule has 1 aliphatic heterocycles. The fourth-order valence-electron chi connectivity index (χ4n) is 1.01. The topological polar surface area (TPSA) is 3.24 Å². The van der Waals surface area contributed by atoms with Crippen molar-refractivity contribution < 1.29 is 0 Å². The van der Waals surface area contributed by atoms with Gasteiger partial charge in [0, 0.05) is 36.0 Å². The van der Waals surface area contributed by atoms with E-state index in [1.807, 2.05) is 0 Å². The molecule has 2 heteroatoms. The highest BCUT2D eigenvalue weighted by molar-refractivity contribution is 14.1. The summed E-state index contributed by atoms with van der Waals surface area (Å²) in [6.07, 6.45) is 1.33. The predicted molar refractivity (Wildman–Crippen MR) is 44.0 cm³/mol. The molecule has 0 atom stereocenters. The van der Waals surface area contributed by atoms with Crippen molar-refractivity contribution in [3.05, 3.63) is 0 Å². The maximum atomic E-state index is 2.38. The highest BCUT2D eigenvalue weighted by Crippen LogP contribution is 2.34. The lowest BCUT2D eigenvalue weighted by atomic mass is 9.82. The third kappa shape index (κ3) is 1.16. The van der Waals surface area contributed by atoms with Crippen molar-refractivity contribution in [1.82, 2.24) is 3.11 Å². The van der Waals surface area contributed by atoms with Gasteiger partial charge in [-0.25, -0.2) is 3.11 Å². The van der Waals surface area contributed by atoms with Gasteiger partial charge in [-0.3, -0.25) is 0 Å². The highest BCUT2D eigenvalue weighted by atomic mass is 127. The van der Waals surface area contributed by atoms with Crippen LogP contribution < -0.4 is 0 Å². The van der Waals surface area contributed by atoms with Gasteiger partial charge in [-0.2, -0.15) is 0 Å². The van der Waals surface area contributed by atoms with Gasteiger partial charge in [-0.05, 0) is 11.8 Å². The Balaban J connectivity index is 2.30. The Kier molecular flexibility index (Phi) is 1.82. The zero-order valence-electron chi connectivity index (χ0n) is 5.45. The van der Waals surface area contributed by atoms with Crippen LogP contribution in [-0.2, 0) is 0 Å². The van der Waals surface area contributed by atoms with E-state index in [1.165, 1.54) is 19.5 Å². The molecule has 1 aliphatic rings. The van der Waals surface area contributed by atoms with E-state index >= 15 is 0 Å². The van der Waals surface area contributed by atoms with Crippen LogP contribution in [0.2, 0.25) is 0 Å². The number of hydrogen-bond acceptors (Lipinski definition) is 1. The molecule has 0 spiro atoms. The summed E-state index contributed by atoms with van der Waals surface area (Å²) in [5, 5.41) is 0. The minimum absolute atomic E-state index is 0.654. The van der Waals surface area contributed by atoms with Crippen molar-refractivity contribution in [1.29, 1.82) is 0 Å². The Morgan fingerprint density at radius 1 is 1.62 bits per heavy atom. The lowest BCUT2D eigenvalue weighted by Crippen LogP contribution is -2.48. The first-order valence-electron chi connectivity index (χ1n) is 3.07. The molecule has 0 aromatic carbocycles. The van der Waals surface area contributed by atoms with E-state index < -0.39 is 0 Å². The fourth-order valence-corrected chi connectivity index (χ4v) is 2.65. The Morgan fingerprint density at radius 2 is 2.12 bits per heavy atom. The average molecular weight is 225 g/mol. The molecule has 0 aromatic rings. The molecule has 8 heavy (non-hydrogen) atoms. The molecule has 1 saturated heterocycles. The summed E-state index contributed by atoms with van der Waals surface area (Å²) in [7, 11) is 0. The van der Waals surface area contributed by atoms with Crippen LogP contribution in [0.4, 0.5) is 0 Å².